The third kappa shape index (κ3) is 2.34. The number of aliphatic hydroxyl groups is 1. The molecule has 4 aliphatic carbocycles. The van der Waals surface area contributed by atoms with Crippen molar-refractivity contribution in [3.05, 3.63) is 12.2 Å². The van der Waals surface area contributed by atoms with E-state index < -0.39 is 0 Å². The lowest BCUT2D eigenvalue weighted by Gasteiger charge is -2.64. The minimum Gasteiger partial charge on any atom is -0.459 e. The van der Waals surface area contributed by atoms with E-state index in [0.29, 0.717) is 17.4 Å². The number of carbonyl (C=O) groups is 1. The topological polar surface area (TPSA) is 46.5 Å². The molecule has 0 aromatic rings. The van der Waals surface area contributed by atoms with Crippen LogP contribution in [0.25, 0.3) is 0 Å². The van der Waals surface area contributed by atoms with Crippen LogP contribution in [0.5, 0.6) is 0 Å². The van der Waals surface area contributed by atoms with Gasteiger partial charge in [0.2, 0.25) is 0 Å². The highest BCUT2D eigenvalue weighted by Crippen LogP contribution is 2.67. The number of aliphatic hydroxyl groups excluding tert-OH is 1. The summed E-state index contributed by atoms with van der Waals surface area (Å²) in [6.07, 6.45) is 6.60. The van der Waals surface area contributed by atoms with Gasteiger partial charge in [-0.25, -0.2) is 4.79 Å². The molecule has 3 heteroatoms. The van der Waals surface area contributed by atoms with Crippen molar-refractivity contribution in [1.29, 1.82) is 0 Å². The van der Waals surface area contributed by atoms with Gasteiger partial charge in [-0.05, 0) is 76.5 Å². The molecule has 4 atom stereocenters. The number of hydrogen-bond acceptors (Lipinski definition) is 3. The molecule has 1 N–H and O–H groups in total. The third-order valence-corrected chi connectivity index (χ3v) is 6.53. The van der Waals surface area contributed by atoms with Crippen molar-refractivity contribution < 1.29 is 14.6 Å². The summed E-state index contributed by atoms with van der Waals surface area (Å²) in [5.74, 6) is 1.13. The molecule has 4 aliphatic rings. The predicted octanol–water partition coefficient (Wildman–Crippen LogP) is 3.46. The second kappa shape index (κ2) is 4.84. The molecule has 3 nitrogen and oxygen atoms in total. The number of ether oxygens (including phenoxy) is 1. The molecule has 0 spiro atoms. The van der Waals surface area contributed by atoms with Gasteiger partial charge in [-0.1, -0.05) is 6.58 Å². The summed E-state index contributed by atoms with van der Waals surface area (Å²) in [4.78, 5) is 11.9. The Balaban J connectivity index is 1.84. The number of hydrogen-bond donors (Lipinski definition) is 1. The van der Waals surface area contributed by atoms with Gasteiger partial charge in [-0.2, -0.15) is 0 Å². The first-order valence-corrected chi connectivity index (χ1v) is 8.31. The highest BCUT2D eigenvalue weighted by molar-refractivity contribution is 5.87. The van der Waals surface area contributed by atoms with E-state index in [1.165, 1.54) is 6.42 Å². The molecule has 21 heavy (non-hydrogen) atoms. The number of rotatable bonds is 4. The highest BCUT2D eigenvalue weighted by atomic mass is 16.5. The summed E-state index contributed by atoms with van der Waals surface area (Å²) in [7, 11) is 0. The lowest BCUT2D eigenvalue weighted by molar-refractivity contribution is -0.197. The molecular weight excluding hydrogens is 264 g/mol. The molecule has 0 aliphatic heterocycles. The second-order valence-electron chi connectivity index (χ2n) is 8.19. The smallest absolute Gasteiger partial charge is 0.333 e. The van der Waals surface area contributed by atoms with Crippen molar-refractivity contribution in [2.45, 2.75) is 71.5 Å². The number of esters is 1. The average molecular weight is 292 g/mol. The molecule has 4 fully saturated rings. The van der Waals surface area contributed by atoms with Crippen molar-refractivity contribution in [3.63, 3.8) is 0 Å². The van der Waals surface area contributed by atoms with Gasteiger partial charge < -0.3 is 9.84 Å². The van der Waals surface area contributed by atoms with Crippen LogP contribution in [0, 0.1) is 22.7 Å². The van der Waals surface area contributed by atoms with Crippen LogP contribution in [0.4, 0.5) is 0 Å². The zero-order valence-corrected chi connectivity index (χ0v) is 13.5. The second-order valence-corrected chi connectivity index (χ2v) is 8.19. The van der Waals surface area contributed by atoms with Crippen molar-refractivity contribution in [3.8, 4) is 0 Å². The predicted molar refractivity (Wildman–Crippen MR) is 81.6 cm³/mol. The van der Waals surface area contributed by atoms with Gasteiger partial charge in [-0.3, -0.25) is 0 Å². The van der Waals surface area contributed by atoms with E-state index in [-0.39, 0.29) is 29.0 Å². The Morgan fingerprint density at radius 3 is 2.19 bits per heavy atom. The van der Waals surface area contributed by atoms with E-state index in [4.69, 9.17) is 4.74 Å². The van der Waals surface area contributed by atoms with Gasteiger partial charge >= 0.3 is 5.97 Å². The lowest BCUT2D eigenvalue weighted by atomic mass is 9.42. The first-order valence-electron chi connectivity index (χ1n) is 8.31. The summed E-state index contributed by atoms with van der Waals surface area (Å²) < 4.78 is 5.70. The first kappa shape index (κ1) is 15.1. The molecule has 0 amide bonds. The van der Waals surface area contributed by atoms with E-state index in [1.807, 2.05) is 13.8 Å². The minimum absolute atomic E-state index is 0.0635. The van der Waals surface area contributed by atoms with E-state index in [2.05, 4.69) is 6.58 Å². The zero-order chi connectivity index (χ0) is 15.4. The maximum absolute atomic E-state index is 11.9. The fourth-order valence-corrected chi connectivity index (χ4v) is 5.76. The maximum atomic E-state index is 11.9. The van der Waals surface area contributed by atoms with Crippen LogP contribution < -0.4 is 0 Å². The molecule has 4 saturated carbocycles. The van der Waals surface area contributed by atoms with Crippen molar-refractivity contribution in [1.82, 2.24) is 0 Å². The Labute approximate surface area is 127 Å². The SMILES string of the molecule is C=C(C)C(=O)OC(C)C12CC3CC(CC(C(C)O)(C3)C1)C2. The van der Waals surface area contributed by atoms with Crippen LogP contribution in [0.2, 0.25) is 0 Å². The van der Waals surface area contributed by atoms with Gasteiger partial charge in [0.25, 0.3) is 0 Å². The van der Waals surface area contributed by atoms with Crippen LogP contribution in [0.3, 0.4) is 0 Å². The Bertz CT molecular complexity index is 451. The molecule has 118 valence electrons. The number of carbonyl (C=O) groups excluding carboxylic acids is 1. The molecular formula is C18H28O3. The molecule has 0 aromatic heterocycles. The van der Waals surface area contributed by atoms with Crippen LogP contribution in [-0.4, -0.2) is 23.3 Å². The molecule has 4 bridgehead atoms. The average Bonchev–Trinajstić information content (AvgIpc) is 2.36. The minimum atomic E-state index is -0.274. The first-order chi connectivity index (χ1) is 9.76. The van der Waals surface area contributed by atoms with Crippen LogP contribution >= 0.6 is 0 Å². The summed E-state index contributed by atoms with van der Waals surface area (Å²) >= 11 is 0. The summed E-state index contributed by atoms with van der Waals surface area (Å²) in [5.41, 5.74) is 0.608. The summed E-state index contributed by atoms with van der Waals surface area (Å²) in [6.45, 7) is 9.38. The normalized spacial score (nSPS) is 43.4. The largest absolute Gasteiger partial charge is 0.459 e. The van der Waals surface area contributed by atoms with Gasteiger partial charge in [0.1, 0.15) is 6.10 Å². The Kier molecular flexibility index (Phi) is 3.47. The maximum Gasteiger partial charge on any atom is 0.333 e. The monoisotopic (exact) mass is 292 g/mol. The van der Waals surface area contributed by atoms with Crippen LogP contribution in [0.15, 0.2) is 12.2 Å². The molecule has 0 radical (unpaired) electrons. The summed E-state index contributed by atoms with van der Waals surface area (Å²) in [5, 5.41) is 10.4. The zero-order valence-electron chi connectivity index (χ0n) is 13.5. The van der Waals surface area contributed by atoms with Gasteiger partial charge in [0.15, 0.2) is 0 Å². The highest BCUT2D eigenvalue weighted by Gasteiger charge is 2.61. The molecule has 4 rings (SSSR count). The lowest BCUT2D eigenvalue weighted by Crippen LogP contribution is -2.59. The van der Waals surface area contributed by atoms with Gasteiger partial charge in [0.05, 0.1) is 6.10 Å². The van der Waals surface area contributed by atoms with Crippen LogP contribution in [0.1, 0.15) is 59.3 Å². The van der Waals surface area contributed by atoms with E-state index in [1.54, 1.807) is 6.92 Å². The fraction of sp³-hybridized carbons (Fsp3) is 0.833. The van der Waals surface area contributed by atoms with Crippen molar-refractivity contribution >= 4 is 5.97 Å². The van der Waals surface area contributed by atoms with Crippen molar-refractivity contribution in [2.75, 3.05) is 0 Å². The van der Waals surface area contributed by atoms with E-state index in [9.17, 15) is 9.90 Å². The Morgan fingerprint density at radius 1 is 1.19 bits per heavy atom. The molecule has 4 unspecified atom stereocenters. The van der Waals surface area contributed by atoms with Gasteiger partial charge in [0, 0.05) is 11.0 Å². The fourth-order valence-electron chi connectivity index (χ4n) is 5.76. The molecule has 0 saturated heterocycles. The quantitative estimate of drug-likeness (QED) is 0.637. The molecule has 0 aromatic carbocycles. The summed E-state index contributed by atoms with van der Waals surface area (Å²) in [6, 6.07) is 0. The van der Waals surface area contributed by atoms with Crippen LogP contribution in [-0.2, 0) is 9.53 Å². The van der Waals surface area contributed by atoms with E-state index in [0.717, 1.165) is 32.1 Å². The third-order valence-electron chi connectivity index (χ3n) is 6.53. The van der Waals surface area contributed by atoms with Gasteiger partial charge in [-0.15, -0.1) is 0 Å². The van der Waals surface area contributed by atoms with E-state index >= 15 is 0 Å². The standard InChI is InChI=1S/C18H28O3/c1-11(2)16(20)21-13(4)18-8-14-5-15(9-18)7-17(6-14,10-18)12(3)19/h12-15,19H,1,5-10H2,2-4H3. The Hall–Kier alpha value is -0.830. The Morgan fingerprint density at radius 2 is 1.71 bits per heavy atom. The van der Waals surface area contributed by atoms with Crippen molar-refractivity contribution in [2.24, 2.45) is 22.7 Å². The molecule has 0 heterocycles.